The van der Waals surface area contributed by atoms with Crippen LogP contribution < -0.4 is 5.73 Å². The largest absolute Gasteiger partial charge is 0.368 e. The summed E-state index contributed by atoms with van der Waals surface area (Å²) in [4.78, 5) is 4.25. The van der Waals surface area contributed by atoms with Crippen molar-refractivity contribution in [1.82, 2.24) is 14.8 Å². The number of nitrogens with zero attached hydrogens (tertiary/aromatic N) is 3. The lowest BCUT2D eigenvalue weighted by Gasteiger charge is -2.00. The Balaban J connectivity index is 2.25. The van der Waals surface area contributed by atoms with Crippen LogP contribution in [0.1, 0.15) is 25.6 Å². The molecule has 0 amide bonds. The van der Waals surface area contributed by atoms with Crippen molar-refractivity contribution in [2.75, 3.05) is 5.73 Å². The molecule has 2 N–H and O–H groups in total. The topological polar surface area (TPSA) is 56.7 Å². The van der Waals surface area contributed by atoms with E-state index in [1.165, 1.54) is 0 Å². The van der Waals surface area contributed by atoms with E-state index in [1.54, 1.807) is 4.68 Å². The molecule has 0 atom stereocenters. The van der Waals surface area contributed by atoms with Gasteiger partial charge in [0.25, 0.3) is 0 Å². The second-order valence-corrected chi connectivity index (χ2v) is 3.74. The Morgan fingerprint density at radius 3 is 2.69 bits per heavy atom. The minimum atomic E-state index is 0.456. The van der Waals surface area contributed by atoms with Gasteiger partial charge in [-0.05, 0) is 18.6 Å². The van der Waals surface area contributed by atoms with E-state index in [-0.39, 0.29) is 0 Å². The van der Waals surface area contributed by atoms with Gasteiger partial charge in [-0.25, -0.2) is 0 Å². The first-order chi connectivity index (χ1) is 7.81. The van der Waals surface area contributed by atoms with Crippen molar-refractivity contribution < 1.29 is 0 Å². The first-order valence-corrected chi connectivity index (χ1v) is 5.58. The third-order valence-corrected chi connectivity index (χ3v) is 2.43. The Morgan fingerprint density at radius 1 is 1.25 bits per heavy atom. The van der Waals surface area contributed by atoms with Gasteiger partial charge in [0.15, 0.2) is 5.82 Å². The van der Waals surface area contributed by atoms with Crippen LogP contribution >= 0.6 is 0 Å². The number of para-hydroxylation sites is 1. The van der Waals surface area contributed by atoms with Crippen LogP contribution in [-0.4, -0.2) is 14.8 Å². The Bertz CT molecular complexity index is 447. The van der Waals surface area contributed by atoms with Crippen molar-refractivity contribution in [3.63, 3.8) is 0 Å². The molecule has 16 heavy (non-hydrogen) atoms. The highest BCUT2D eigenvalue weighted by Gasteiger charge is 2.07. The van der Waals surface area contributed by atoms with Gasteiger partial charge in [-0.1, -0.05) is 31.5 Å². The van der Waals surface area contributed by atoms with Gasteiger partial charge < -0.3 is 5.73 Å². The fourth-order valence-corrected chi connectivity index (χ4v) is 1.57. The van der Waals surface area contributed by atoms with Crippen LogP contribution in [0.25, 0.3) is 5.69 Å². The SMILES string of the molecule is CCCCc1nc(N)n(-c2ccccc2)n1. The van der Waals surface area contributed by atoms with Crippen LogP contribution in [0.5, 0.6) is 0 Å². The molecule has 84 valence electrons. The molecule has 0 aliphatic heterocycles. The summed E-state index contributed by atoms with van der Waals surface area (Å²) in [5.74, 6) is 1.28. The molecule has 4 nitrogen and oxygen atoms in total. The molecule has 0 spiro atoms. The number of anilines is 1. The number of rotatable bonds is 4. The van der Waals surface area contributed by atoms with E-state index in [1.807, 2.05) is 30.3 Å². The normalized spacial score (nSPS) is 10.6. The number of hydrogen-bond donors (Lipinski definition) is 1. The van der Waals surface area contributed by atoms with E-state index >= 15 is 0 Å². The predicted octanol–water partition coefficient (Wildman–Crippen LogP) is 2.19. The molecule has 1 aromatic heterocycles. The van der Waals surface area contributed by atoms with Gasteiger partial charge in [-0.3, -0.25) is 0 Å². The summed E-state index contributed by atoms with van der Waals surface area (Å²) < 4.78 is 1.69. The fourth-order valence-electron chi connectivity index (χ4n) is 1.57. The Kier molecular flexibility index (Phi) is 3.19. The molecule has 0 saturated carbocycles. The lowest BCUT2D eigenvalue weighted by Crippen LogP contribution is -2.01. The van der Waals surface area contributed by atoms with E-state index in [2.05, 4.69) is 17.0 Å². The van der Waals surface area contributed by atoms with Crippen LogP contribution in [0.3, 0.4) is 0 Å². The highest BCUT2D eigenvalue weighted by Crippen LogP contribution is 2.11. The van der Waals surface area contributed by atoms with Crippen LogP contribution in [0.2, 0.25) is 0 Å². The molecule has 0 aliphatic carbocycles. The standard InChI is InChI=1S/C12H16N4/c1-2-3-9-11-14-12(13)16(15-11)10-7-5-4-6-8-10/h4-8H,2-3,9H2,1H3,(H2,13,14,15). The molecule has 0 radical (unpaired) electrons. The predicted molar refractivity (Wildman–Crippen MR) is 64.4 cm³/mol. The number of nitrogens with two attached hydrogens (primary N) is 1. The van der Waals surface area contributed by atoms with Gasteiger partial charge >= 0.3 is 0 Å². The average Bonchev–Trinajstić information content (AvgIpc) is 2.69. The molecule has 0 aliphatic rings. The van der Waals surface area contributed by atoms with Crippen molar-refractivity contribution >= 4 is 5.95 Å². The van der Waals surface area contributed by atoms with E-state index in [4.69, 9.17) is 5.73 Å². The minimum absolute atomic E-state index is 0.456. The minimum Gasteiger partial charge on any atom is -0.368 e. The van der Waals surface area contributed by atoms with Crippen LogP contribution in [0.4, 0.5) is 5.95 Å². The van der Waals surface area contributed by atoms with E-state index in [0.29, 0.717) is 5.95 Å². The summed E-state index contributed by atoms with van der Waals surface area (Å²) >= 11 is 0. The van der Waals surface area contributed by atoms with Gasteiger partial charge in [0.1, 0.15) is 0 Å². The van der Waals surface area contributed by atoms with Crippen molar-refractivity contribution in [1.29, 1.82) is 0 Å². The number of unbranched alkanes of at least 4 members (excludes halogenated alkanes) is 1. The lowest BCUT2D eigenvalue weighted by atomic mass is 10.2. The van der Waals surface area contributed by atoms with Gasteiger partial charge in [-0.15, -0.1) is 5.10 Å². The average molecular weight is 216 g/mol. The van der Waals surface area contributed by atoms with Crippen LogP contribution in [0.15, 0.2) is 30.3 Å². The number of aromatic nitrogens is 3. The maximum atomic E-state index is 5.83. The van der Waals surface area contributed by atoms with Crippen molar-refractivity contribution in [3.8, 4) is 5.69 Å². The molecule has 1 heterocycles. The summed E-state index contributed by atoms with van der Waals surface area (Å²) in [6.07, 6.45) is 3.12. The number of benzene rings is 1. The molecule has 1 aromatic carbocycles. The molecule has 2 rings (SSSR count). The zero-order chi connectivity index (χ0) is 11.4. The zero-order valence-electron chi connectivity index (χ0n) is 9.43. The second kappa shape index (κ2) is 4.79. The van der Waals surface area contributed by atoms with Gasteiger partial charge in [-0.2, -0.15) is 9.67 Å². The number of nitrogen functional groups attached to an aromatic ring is 1. The van der Waals surface area contributed by atoms with Crippen molar-refractivity contribution in [3.05, 3.63) is 36.2 Å². The first-order valence-electron chi connectivity index (χ1n) is 5.58. The van der Waals surface area contributed by atoms with E-state index in [9.17, 15) is 0 Å². The molecule has 0 unspecified atom stereocenters. The third-order valence-electron chi connectivity index (χ3n) is 2.43. The van der Waals surface area contributed by atoms with Crippen molar-refractivity contribution in [2.24, 2.45) is 0 Å². The van der Waals surface area contributed by atoms with Gasteiger partial charge in [0.2, 0.25) is 5.95 Å². The van der Waals surface area contributed by atoms with Gasteiger partial charge in [0.05, 0.1) is 5.69 Å². The Labute approximate surface area is 95.1 Å². The highest BCUT2D eigenvalue weighted by molar-refractivity contribution is 5.37. The summed E-state index contributed by atoms with van der Waals surface area (Å²) in [5.41, 5.74) is 6.79. The number of hydrogen-bond acceptors (Lipinski definition) is 3. The fraction of sp³-hybridized carbons (Fsp3) is 0.333. The molecule has 0 saturated heterocycles. The molecule has 4 heteroatoms. The quantitative estimate of drug-likeness (QED) is 0.852. The molecule has 0 bridgehead atoms. The van der Waals surface area contributed by atoms with E-state index in [0.717, 1.165) is 30.8 Å². The lowest BCUT2D eigenvalue weighted by molar-refractivity contribution is 0.742. The maximum Gasteiger partial charge on any atom is 0.223 e. The Morgan fingerprint density at radius 2 is 2.00 bits per heavy atom. The monoisotopic (exact) mass is 216 g/mol. The van der Waals surface area contributed by atoms with Gasteiger partial charge in [0, 0.05) is 6.42 Å². The maximum absolute atomic E-state index is 5.83. The van der Waals surface area contributed by atoms with Crippen LogP contribution in [0, 0.1) is 0 Å². The smallest absolute Gasteiger partial charge is 0.223 e. The third kappa shape index (κ3) is 2.21. The number of aryl methyl sites for hydroxylation is 1. The summed E-state index contributed by atoms with van der Waals surface area (Å²) in [5, 5.41) is 4.40. The molecular weight excluding hydrogens is 200 g/mol. The van der Waals surface area contributed by atoms with Crippen LogP contribution in [-0.2, 0) is 6.42 Å². The van der Waals surface area contributed by atoms with E-state index < -0.39 is 0 Å². The first kappa shape index (κ1) is 10.7. The highest BCUT2D eigenvalue weighted by atomic mass is 15.4. The summed E-state index contributed by atoms with van der Waals surface area (Å²) in [6.45, 7) is 2.15. The molecule has 0 fully saturated rings. The summed E-state index contributed by atoms with van der Waals surface area (Å²) in [7, 11) is 0. The molecule has 2 aromatic rings. The zero-order valence-corrected chi connectivity index (χ0v) is 9.43. The second-order valence-electron chi connectivity index (χ2n) is 3.74. The molecular formula is C12H16N4. The Hall–Kier alpha value is -1.84. The summed E-state index contributed by atoms with van der Waals surface area (Å²) in [6, 6.07) is 9.82. The van der Waals surface area contributed by atoms with Crippen molar-refractivity contribution in [2.45, 2.75) is 26.2 Å².